The Hall–Kier alpha value is -2.50. The van der Waals surface area contributed by atoms with Gasteiger partial charge in [0.25, 0.3) is 5.56 Å². The first-order valence-electron chi connectivity index (χ1n) is 6.10. The molecule has 0 unspecified atom stereocenters. The Labute approximate surface area is 110 Å². The number of hydrogen-bond donors (Lipinski definition) is 4. The predicted molar refractivity (Wildman–Crippen MR) is 76.9 cm³/mol. The van der Waals surface area contributed by atoms with E-state index < -0.39 is 5.56 Å². The van der Waals surface area contributed by atoms with Crippen LogP contribution in [-0.2, 0) is 6.42 Å². The molecule has 6 heteroatoms. The number of nitrogen functional groups attached to an aromatic ring is 2. The van der Waals surface area contributed by atoms with Gasteiger partial charge < -0.3 is 16.8 Å². The second kappa shape index (κ2) is 5.90. The van der Waals surface area contributed by atoms with Gasteiger partial charge in [-0.25, -0.2) is 0 Å². The molecule has 0 amide bonds. The van der Waals surface area contributed by atoms with Crippen molar-refractivity contribution in [1.29, 1.82) is 0 Å². The van der Waals surface area contributed by atoms with Gasteiger partial charge >= 0.3 is 0 Å². The van der Waals surface area contributed by atoms with Crippen LogP contribution in [0.3, 0.4) is 0 Å². The predicted octanol–water partition coefficient (Wildman–Crippen LogP) is 0.979. The summed E-state index contributed by atoms with van der Waals surface area (Å²) in [6, 6.07) is 10.2. The molecule has 0 saturated heterocycles. The van der Waals surface area contributed by atoms with Gasteiger partial charge in [-0.15, -0.1) is 0 Å². The average molecular weight is 259 g/mol. The Morgan fingerprint density at radius 2 is 1.95 bits per heavy atom. The van der Waals surface area contributed by atoms with Crippen LogP contribution in [0.2, 0.25) is 0 Å². The molecular formula is C13H17N5O. The van der Waals surface area contributed by atoms with E-state index in [4.69, 9.17) is 11.5 Å². The summed E-state index contributed by atoms with van der Waals surface area (Å²) >= 11 is 0. The third-order valence-electron chi connectivity index (χ3n) is 2.75. The van der Waals surface area contributed by atoms with Gasteiger partial charge in [-0.3, -0.25) is 9.78 Å². The van der Waals surface area contributed by atoms with Crippen molar-refractivity contribution in [3.05, 3.63) is 46.2 Å². The zero-order chi connectivity index (χ0) is 13.7. The van der Waals surface area contributed by atoms with Crippen molar-refractivity contribution in [3.63, 3.8) is 0 Å². The number of nitrogens with one attached hydrogen (secondary N) is 2. The molecule has 0 aliphatic heterocycles. The van der Waals surface area contributed by atoms with E-state index in [1.54, 1.807) is 0 Å². The normalized spacial score (nSPS) is 10.3. The van der Waals surface area contributed by atoms with E-state index in [1.165, 1.54) is 5.56 Å². The molecule has 1 heterocycles. The molecule has 2 aromatic rings. The number of aromatic nitrogens is 2. The molecule has 0 spiro atoms. The van der Waals surface area contributed by atoms with E-state index in [2.05, 4.69) is 27.4 Å². The molecule has 0 atom stereocenters. The molecule has 0 aliphatic carbocycles. The molecule has 2 rings (SSSR count). The lowest BCUT2D eigenvalue weighted by Crippen LogP contribution is -2.19. The van der Waals surface area contributed by atoms with Crippen LogP contribution in [0.5, 0.6) is 0 Å². The van der Waals surface area contributed by atoms with Crippen molar-refractivity contribution in [1.82, 2.24) is 9.97 Å². The van der Waals surface area contributed by atoms with Crippen molar-refractivity contribution in [3.8, 4) is 0 Å². The van der Waals surface area contributed by atoms with Crippen molar-refractivity contribution >= 4 is 17.5 Å². The summed E-state index contributed by atoms with van der Waals surface area (Å²) < 4.78 is 0. The molecule has 0 fully saturated rings. The fourth-order valence-electron chi connectivity index (χ4n) is 1.78. The molecule has 1 aromatic carbocycles. The minimum atomic E-state index is -0.418. The van der Waals surface area contributed by atoms with Crippen LogP contribution < -0.4 is 22.3 Å². The van der Waals surface area contributed by atoms with Crippen molar-refractivity contribution in [2.75, 3.05) is 23.3 Å². The number of benzene rings is 1. The van der Waals surface area contributed by atoms with Gasteiger partial charge in [0.1, 0.15) is 5.69 Å². The monoisotopic (exact) mass is 259 g/mol. The van der Waals surface area contributed by atoms with Crippen LogP contribution in [0.1, 0.15) is 12.0 Å². The van der Waals surface area contributed by atoms with E-state index in [0.717, 1.165) is 12.8 Å². The molecule has 6 N–H and O–H groups in total. The second-order valence-electron chi connectivity index (χ2n) is 4.23. The first-order valence-corrected chi connectivity index (χ1v) is 6.10. The lowest BCUT2D eigenvalue weighted by atomic mass is 10.1. The van der Waals surface area contributed by atoms with Crippen LogP contribution in [-0.4, -0.2) is 16.5 Å². The smallest absolute Gasteiger partial charge is 0.277 e. The fraction of sp³-hybridized carbons (Fsp3) is 0.231. The quantitative estimate of drug-likeness (QED) is 0.598. The highest BCUT2D eigenvalue weighted by molar-refractivity contribution is 5.60. The van der Waals surface area contributed by atoms with Crippen LogP contribution in [0.15, 0.2) is 35.1 Å². The van der Waals surface area contributed by atoms with Gasteiger partial charge in [-0.1, -0.05) is 30.3 Å². The van der Waals surface area contributed by atoms with Gasteiger partial charge in [-0.05, 0) is 18.4 Å². The van der Waals surface area contributed by atoms with Gasteiger partial charge in [0.15, 0.2) is 5.82 Å². The van der Waals surface area contributed by atoms with Crippen molar-refractivity contribution < 1.29 is 0 Å². The van der Waals surface area contributed by atoms with Gasteiger partial charge in [-0.2, -0.15) is 4.98 Å². The molecule has 1 aromatic heterocycles. The maximum atomic E-state index is 11.4. The molecule has 100 valence electrons. The first-order chi connectivity index (χ1) is 9.16. The number of aromatic amines is 1. The van der Waals surface area contributed by atoms with E-state index in [-0.39, 0.29) is 11.6 Å². The highest BCUT2D eigenvalue weighted by Gasteiger charge is 2.05. The number of hydrogen-bond acceptors (Lipinski definition) is 5. The van der Waals surface area contributed by atoms with E-state index in [9.17, 15) is 4.79 Å². The lowest BCUT2D eigenvalue weighted by Gasteiger charge is -2.08. The summed E-state index contributed by atoms with van der Waals surface area (Å²) in [6.45, 7) is 0.676. The van der Waals surface area contributed by atoms with Crippen LogP contribution >= 0.6 is 0 Å². The highest BCUT2D eigenvalue weighted by Crippen LogP contribution is 2.10. The van der Waals surface area contributed by atoms with Gasteiger partial charge in [0.2, 0.25) is 5.95 Å². The number of aryl methyl sites for hydroxylation is 1. The summed E-state index contributed by atoms with van der Waals surface area (Å²) in [6.07, 6.45) is 1.87. The minimum absolute atomic E-state index is 0.0600. The zero-order valence-corrected chi connectivity index (χ0v) is 10.5. The lowest BCUT2D eigenvalue weighted by molar-refractivity contribution is 0.858. The van der Waals surface area contributed by atoms with E-state index in [0.29, 0.717) is 12.4 Å². The largest absolute Gasteiger partial charge is 0.391 e. The third kappa shape index (κ3) is 3.48. The highest BCUT2D eigenvalue weighted by atomic mass is 16.1. The maximum absolute atomic E-state index is 11.4. The SMILES string of the molecule is Nc1nc(NCCCc2ccccc2)c(N)c(=O)[nH]1. The Balaban J connectivity index is 1.88. The molecular weight excluding hydrogens is 242 g/mol. The molecule has 0 bridgehead atoms. The van der Waals surface area contributed by atoms with Crippen LogP contribution in [0, 0.1) is 0 Å². The Bertz CT molecular complexity index is 594. The molecule has 0 aliphatic rings. The Morgan fingerprint density at radius 3 is 2.68 bits per heavy atom. The second-order valence-corrected chi connectivity index (χ2v) is 4.23. The van der Waals surface area contributed by atoms with E-state index >= 15 is 0 Å². The minimum Gasteiger partial charge on any atom is -0.391 e. The summed E-state index contributed by atoms with van der Waals surface area (Å²) in [4.78, 5) is 17.7. The van der Waals surface area contributed by atoms with Crippen LogP contribution in [0.4, 0.5) is 17.5 Å². The number of nitrogens with zero attached hydrogens (tertiary/aromatic N) is 1. The average Bonchev–Trinajstić information content (AvgIpc) is 2.41. The first kappa shape index (κ1) is 12.9. The molecule has 19 heavy (non-hydrogen) atoms. The molecule has 0 radical (unpaired) electrons. The van der Waals surface area contributed by atoms with E-state index in [1.807, 2.05) is 18.2 Å². The topological polar surface area (TPSA) is 110 Å². The van der Waals surface area contributed by atoms with Crippen molar-refractivity contribution in [2.24, 2.45) is 0 Å². The Morgan fingerprint density at radius 1 is 1.21 bits per heavy atom. The standard InChI is InChI=1S/C13H17N5O/c14-10-11(17-13(15)18-12(10)19)16-8-4-7-9-5-2-1-3-6-9/h1-3,5-6H,4,7-8,14H2,(H4,15,16,17,18,19). The zero-order valence-electron chi connectivity index (χ0n) is 10.5. The van der Waals surface area contributed by atoms with Crippen LogP contribution in [0.25, 0.3) is 0 Å². The van der Waals surface area contributed by atoms with Gasteiger partial charge in [0.05, 0.1) is 0 Å². The Kier molecular flexibility index (Phi) is 4.02. The summed E-state index contributed by atoms with van der Waals surface area (Å²) in [5.41, 5.74) is 12.0. The maximum Gasteiger partial charge on any atom is 0.277 e. The number of rotatable bonds is 5. The number of nitrogens with two attached hydrogens (primary N) is 2. The van der Waals surface area contributed by atoms with Gasteiger partial charge in [0, 0.05) is 6.54 Å². The molecule has 6 nitrogen and oxygen atoms in total. The summed E-state index contributed by atoms with van der Waals surface area (Å²) in [5, 5.41) is 3.03. The fourth-order valence-corrected chi connectivity index (χ4v) is 1.78. The number of anilines is 3. The summed E-state index contributed by atoms with van der Waals surface area (Å²) in [5.74, 6) is 0.402. The molecule has 0 saturated carbocycles. The van der Waals surface area contributed by atoms with Crippen molar-refractivity contribution in [2.45, 2.75) is 12.8 Å². The third-order valence-corrected chi connectivity index (χ3v) is 2.75. The number of H-pyrrole nitrogens is 1. The summed E-state index contributed by atoms with van der Waals surface area (Å²) in [7, 11) is 0.